The van der Waals surface area contributed by atoms with Crippen LogP contribution >= 0.6 is 0 Å². The molecule has 2 rings (SSSR count). The van der Waals surface area contributed by atoms with E-state index < -0.39 is 0 Å². The Hall–Kier alpha value is -2.48. The Bertz CT molecular complexity index is 597. The lowest BCUT2D eigenvalue weighted by Crippen LogP contribution is -2.28. The van der Waals surface area contributed by atoms with Crippen molar-refractivity contribution in [2.45, 2.75) is 20.4 Å². The highest BCUT2D eigenvalue weighted by Crippen LogP contribution is 2.15. The molecule has 1 amide bonds. The van der Waals surface area contributed by atoms with Crippen LogP contribution in [0.15, 0.2) is 24.3 Å². The van der Waals surface area contributed by atoms with Crippen LogP contribution in [0.5, 0.6) is 5.75 Å². The molecule has 118 valence electrons. The molecule has 1 heterocycles. The van der Waals surface area contributed by atoms with E-state index in [9.17, 15) is 4.79 Å². The first-order valence-electron chi connectivity index (χ1n) is 7.09. The normalized spacial score (nSPS) is 10.5. The van der Waals surface area contributed by atoms with E-state index in [0.717, 1.165) is 11.4 Å². The quantitative estimate of drug-likeness (QED) is 0.772. The summed E-state index contributed by atoms with van der Waals surface area (Å²) in [4.78, 5) is 11.5. The van der Waals surface area contributed by atoms with Crippen LogP contribution in [0.4, 0.5) is 0 Å². The Labute approximate surface area is 128 Å². The Morgan fingerprint density at radius 1 is 1.23 bits per heavy atom. The number of carbonyl (C=O) groups is 1. The van der Waals surface area contributed by atoms with Crippen LogP contribution in [0.2, 0.25) is 0 Å². The van der Waals surface area contributed by atoms with Gasteiger partial charge in [-0.25, -0.2) is 0 Å². The van der Waals surface area contributed by atoms with Crippen LogP contribution in [-0.2, 0) is 16.1 Å². The number of nitrogens with one attached hydrogen (secondary N) is 1. The Morgan fingerprint density at radius 2 is 2.00 bits per heavy atom. The van der Waals surface area contributed by atoms with Gasteiger partial charge in [0.25, 0.3) is 0 Å². The van der Waals surface area contributed by atoms with E-state index in [1.165, 1.54) is 0 Å². The van der Waals surface area contributed by atoms with Crippen LogP contribution in [0.3, 0.4) is 0 Å². The number of tetrazole rings is 1. The molecule has 0 atom stereocenters. The highest BCUT2D eigenvalue weighted by Gasteiger charge is 2.10. The van der Waals surface area contributed by atoms with Crippen LogP contribution in [0.25, 0.3) is 5.69 Å². The van der Waals surface area contributed by atoms with Crippen LogP contribution in [0.1, 0.15) is 19.7 Å². The summed E-state index contributed by atoms with van der Waals surface area (Å²) in [5, 5.41) is 14.2. The molecule has 0 aliphatic heterocycles. The van der Waals surface area contributed by atoms with Gasteiger partial charge in [-0.2, -0.15) is 4.68 Å². The lowest BCUT2D eigenvalue weighted by molar-refractivity contribution is -0.125. The summed E-state index contributed by atoms with van der Waals surface area (Å²) >= 11 is 0. The van der Waals surface area contributed by atoms with Gasteiger partial charge in [0, 0.05) is 6.61 Å². The molecular weight excluding hydrogens is 286 g/mol. The van der Waals surface area contributed by atoms with Crippen molar-refractivity contribution in [1.82, 2.24) is 25.5 Å². The number of hydrogen-bond donors (Lipinski definition) is 1. The van der Waals surface area contributed by atoms with Gasteiger partial charge in [-0.1, -0.05) is 0 Å². The molecule has 1 aromatic carbocycles. The minimum atomic E-state index is -0.205. The number of carbonyl (C=O) groups excluding carboxylic acids is 1. The molecule has 0 fully saturated rings. The van der Waals surface area contributed by atoms with Crippen molar-refractivity contribution in [2.24, 2.45) is 0 Å². The molecule has 2 aromatic rings. The largest absolute Gasteiger partial charge is 0.494 e. The molecule has 0 bridgehead atoms. The first-order valence-corrected chi connectivity index (χ1v) is 7.09. The Kier molecular flexibility index (Phi) is 5.84. The predicted octanol–water partition coefficient (Wildman–Crippen LogP) is 0.714. The van der Waals surface area contributed by atoms with E-state index in [-0.39, 0.29) is 19.1 Å². The maximum Gasteiger partial charge on any atom is 0.246 e. The fraction of sp³-hybridized carbons (Fsp3) is 0.429. The molecule has 1 N–H and O–H groups in total. The number of rotatable bonds is 8. The molecule has 0 unspecified atom stereocenters. The van der Waals surface area contributed by atoms with Crippen molar-refractivity contribution >= 4 is 5.91 Å². The molecule has 0 spiro atoms. The average Bonchev–Trinajstić information content (AvgIpc) is 3.00. The highest BCUT2D eigenvalue weighted by molar-refractivity contribution is 5.77. The summed E-state index contributed by atoms with van der Waals surface area (Å²) in [7, 11) is 0. The third-order valence-electron chi connectivity index (χ3n) is 2.81. The number of nitrogens with zero attached hydrogens (tertiary/aromatic N) is 4. The monoisotopic (exact) mass is 305 g/mol. The van der Waals surface area contributed by atoms with E-state index in [4.69, 9.17) is 9.47 Å². The average molecular weight is 305 g/mol. The molecule has 0 aliphatic rings. The smallest absolute Gasteiger partial charge is 0.246 e. The van der Waals surface area contributed by atoms with Gasteiger partial charge in [-0.3, -0.25) is 4.79 Å². The van der Waals surface area contributed by atoms with Gasteiger partial charge in [0.2, 0.25) is 5.91 Å². The van der Waals surface area contributed by atoms with E-state index in [1.54, 1.807) is 4.68 Å². The summed E-state index contributed by atoms with van der Waals surface area (Å²) < 4.78 is 12.0. The zero-order chi connectivity index (χ0) is 15.8. The third-order valence-corrected chi connectivity index (χ3v) is 2.81. The maximum atomic E-state index is 11.5. The van der Waals surface area contributed by atoms with Gasteiger partial charge in [-0.15, -0.1) is 5.10 Å². The second kappa shape index (κ2) is 8.08. The second-order valence-electron chi connectivity index (χ2n) is 4.35. The second-order valence-corrected chi connectivity index (χ2v) is 4.35. The fourth-order valence-corrected chi connectivity index (χ4v) is 1.79. The summed E-state index contributed by atoms with van der Waals surface area (Å²) in [6.07, 6.45) is 0. The van der Waals surface area contributed by atoms with Gasteiger partial charge in [0.05, 0.1) is 18.8 Å². The maximum absolute atomic E-state index is 11.5. The molecule has 22 heavy (non-hydrogen) atoms. The first kappa shape index (κ1) is 15.9. The highest BCUT2D eigenvalue weighted by atomic mass is 16.5. The first-order chi connectivity index (χ1) is 10.7. The fourth-order valence-electron chi connectivity index (χ4n) is 1.79. The standard InChI is InChI=1S/C14H19N5O3/c1-3-21-10-14(20)15-9-13-16-17-18-19(13)11-5-7-12(8-6-11)22-4-2/h5-8H,3-4,9-10H2,1-2H3,(H,15,20). The zero-order valence-electron chi connectivity index (χ0n) is 12.7. The number of benzene rings is 1. The van der Waals surface area contributed by atoms with Crippen molar-refractivity contribution in [3.8, 4) is 11.4 Å². The molecule has 0 saturated carbocycles. The minimum Gasteiger partial charge on any atom is -0.494 e. The van der Waals surface area contributed by atoms with Crippen molar-refractivity contribution in [2.75, 3.05) is 19.8 Å². The van der Waals surface area contributed by atoms with Gasteiger partial charge in [0.1, 0.15) is 12.4 Å². The van der Waals surface area contributed by atoms with Crippen LogP contribution in [-0.4, -0.2) is 45.9 Å². The van der Waals surface area contributed by atoms with Gasteiger partial charge in [-0.05, 0) is 48.5 Å². The van der Waals surface area contributed by atoms with Crippen molar-refractivity contribution in [3.05, 3.63) is 30.1 Å². The minimum absolute atomic E-state index is 0.0289. The Morgan fingerprint density at radius 3 is 2.68 bits per heavy atom. The summed E-state index contributed by atoms with van der Waals surface area (Å²) in [5.74, 6) is 1.11. The SMILES string of the molecule is CCOCC(=O)NCc1nnnn1-c1ccc(OCC)cc1. The Balaban J connectivity index is 2.01. The van der Waals surface area contributed by atoms with Crippen molar-refractivity contribution in [3.63, 3.8) is 0 Å². The van der Waals surface area contributed by atoms with Gasteiger partial charge in [0.15, 0.2) is 5.82 Å². The zero-order valence-corrected chi connectivity index (χ0v) is 12.7. The topological polar surface area (TPSA) is 91.2 Å². The van der Waals surface area contributed by atoms with Gasteiger partial charge < -0.3 is 14.8 Å². The number of ether oxygens (including phenoxy) is 2. The van der Waals surface area contributed by atoms with E-state index >= 15 is 0 Å². The molecule has 0 saturated heterocycles. The van der Waals surface area contributed by atoms with Crippen molar-refractivity contribution < 1.29 is 14.3 Å². The van der Waals surface area contributed by atoms with Crippen LogP contribution in [0, 0.1) is 0 Å². The molecule has 0 aliphatic carbocycles. The lowest BCUT2D eigenvalue weighted by atomic mass is 10.3. The van der Waals surface area contributed by atoms with Crippen molar-refractivity contribution in [1.29, 1.82) is 0 Å². The molecular formula is C14H19N5O3. The number of amides is 1. The molecule has 1 aromatic heterocycles. The molecule has 8 nitrogen and oxygen atoms in total. The number of hydrogen-bond acceptors (Lipinski definition) is 6. The van der Waals surface area contributed by atoms with E-state index in [1.807, 2.05) is 38.1 Å². The molecule has 0 radical (unpaired) electrons. The predicted molar refractivity (Wildman–Crippen MR) is 78.7 cm³/mol. The summed E-state index contributed by atoms with van der Waals surface area (Å²) in [6.45, 7) is 5.13. The van der Waals surface area contributed by atoms with E-state index in [0.29, 0.717) is 19.0 Å². The van der Waals surface area contributed by atoms with Gasteiger partial charge >= 0.3 is 0 Å². The van der Waals surface area contributed by atoms with E-state index in [2.05, 4.69) is 20.8 Å². The third kappa shape index (κ3) is 4.26. The summed E-state index contributed by atoms with van der Waals surface area (Å²) in [5.41, 5.74) is 0.794. The van der Waals surface area contributed by atoms with Crippen LogP contribution < -0.4 is 10.1 Å². The molecule has 8 heteroatoms. The summed E-state index contributed by atoms with van der Waals surface area (Å²) in [6, 6.07) is 7.40. The lowest BCUT2D eigenvalue weighted by Gasteiger charge is -2.07. The number of aromatic nitrogens is 4.